The van der Waals surface area contributed by atoms with Crippen LogP contribution in [0.15, 0.2) is 15.9 Å². The summed E-state index contributed by atoms with van der Waals surface area (Å²) in [6.07, 6.45) is 0.426. The van der Waals surface area contributed by atoms with E-state index in [9.17, 15) is 4.79 Å². The molecule has 6 heteroatoms. The van der Waals surface area contributed by atoms with Crippen molar-refractivity contribution in [2.75, 3.05) is 13.2 Å². The second-order valence-electron chi connectivity index (χ2n) is 4.05. The standard InChI is InChI=1S/C10H12BrNO3S/c11-6-1-8(16-3-6)10(4-15-5-10)2-7(12)9(13)14/h1,3,7H,2,4-5,12H2,(H,13,14). The number of carboxylic acid groups (broad SMARTS) is 1. The first-order valence-corrected chi connectivity index (χ1v) is 6.51. The molecule has 0 amide bonds. The molecule has 1 atom stereocenters. The number of hydrogen-bond donors (Lipinski definition) is 2. The van der Waals surface area contributed by atoms with Gasteiger partial charge in [0.25, 0.3) is 0 Å². The first-order valence-electron chi connectivity index (χ1n) is 4.84. The average molecular weight is 306 g/mol. The fraction of sp³-hybridized carbons (Fsp3) is 0.500. The Morgan fingerprint density at radius 3 is 2.81 bits per heavy atom. The highest BCUT2D eigenvalue weighted by Gasteiger charge is 2.43. The predicted octanol–water partition coefficient (Wildman–Crippen LogP) is 1.58. The van der Waals surface area contributed by atoms with Crippen LogP contribution in [-0.2, 0) is 14.9 Å². The van der Waals surface area contributed by atoms with E-state index in [4.69, 9.17) is 15.6 Å². The molecule has 0 aliphatic carbocycles. The number of thiophene rings is 1. The number of rotatable bonds is 4. The van der Waals surface area contributed by atoms with Crippen LogP contribution in [0.4, 0.5) is 0 Å². The fourth-order valence-electron chi connectivity index (χ4n) is 1.81. The molecule has 0 saturated carbocycles. The summed E-state index contributed by atoms with van der Waals surface area (Å²) >= 11 is 5.01. The molecule has 0 spiro atoms. The first-order chi connectivity index (χ1) is 7.53. The molecular formula is C10H12BrNO3S. The van der Waals surface area contributed by atoms with Gasteiger partial charge in [-0.25, -0.2) is 0 Å². The Kier molecular flexibility index (Phi) is 3.34. The van der Waals surface area contributed by atoms with Gasteiger partial charge in [-0.3, -0.25) is 4.79 Å². The Bertz CT molecular complexity index is 403. The van der Waals surface area contributed by atoms with Crippen molar-refractivity contribution in [2.24, 2.45) is 5.73 Å². The normalized spacial score (nSPS) is 20.1. The van der Waals surface area contributed by atoms with Gasteiger partial charge in [-0.15, -0.1) is 11.3 Å². The Morgan fingerprint density at radius 2 is 2.44 bits per heavy atom. The minimum Gasteiger partial charge on any atom is -0.480 e. The first kappa shape index (κ1) is 12.0. The van der Waals surface area contributed by atoms with Gasteiger partial charge in [-0.05, 0) is 28.4 Å². The van der Waals surface area contributed by atoms with E-state index in [0.29, 0.717) is 19.6 Å². The summed E-state index contributed by atoms with van der Waals surface area (Å²) in [5.74, 6) is -0.957. The topological polar surface area (TPSA) is 72.5 Å². The van der Waals surface area contributed by atoms with Crippen molar-refractivity contribution >= 4 is 33.2 Å². The maximum absolute atomic E-state index is 10.8. The van der Waals surface area contributed by atoms with Gasteiger partial charge in [0.2, 0.25) is 0 Å². The van der Waals surface area contributed by atoms with Crippen LogP contribution < -0.4 is 5.73 Å². The van der Waals surface area contributed by atoms with E-state index in [0.717, 1.165) is 9.35 Å². The van der Waals surface area contributed by atoms with Crippen molar-refractivity contribution < 1.29 is 14.6 Å². The zero-order chi connectivity index (χ0) is 11.8. The molecule has 1 saturated heterocycles. The molecule has 2 rings (SSSR count). The third kappa shape index (κ3) is 2.15. The highest BCUT2D eigenvalue weighted by atomic mass is 79.9. The molecular weight excluding hydrogens is 294 g/mol. The smallest absolute Gasteiger partial charge is 0.320 e. The molecule has 0 aromatic carbocycles. The monoisotopic (exact) mass is 305 g/mol. The lowest BCUT2D eigenvalue weighted by atomic mass is 9.78. The zero-order valence-corrected chi connectivity index (χ0v) is 10.9. The van der Waals surface area contributed by atoms with Gasteiger partial charge in [-0.2, -0.15) is 0 Å². The van der Waals surface area contributed by atoms with E-state index in [2.05, 4.69) is 15.9 Å². The third-order valence-corrected chi connectivity index (χ3v) is 4.71. The Labute approximate surface area is 106 Å². The zero-order valence-electron chi connectivity index (χ0n) is 8.48. The van der Waals surface area contributed by atoms with E-state index in [1.54, 1.807) is 11.3 Å². The van der Waals surface area contributed by atoms with Crippen LogP contribution in [0, 0.1) is 0 Å². The van der Waals surface area contributed by atoms with Crippen LogP contribution in [0.5, 0.6) is 0 Å². The molecule has 3 N–H and O–H groups in total. The molecule has 1 unspecified atom stereocenters. The Morgan fingerprint density at radius 1 is 1.75 bits per heavy atom. The van der Waals surface area contributed by atoms with Crippen LogP contribution in [0.2, 0.25) is 0 Å². The van der Waals surface area contributed by atoms with Crippen LogP contribution in [-0.4, -0.2) is 30.3 Å². The van der Waals surface area contributed by atoms with Crippen LogP contribution >= 0.6 is 27.3 Å². The van der Waals surface area contributed by atoms with Gasteiger partial charge < -0.3 is 15.6 Å². The number of nitrogens with two attached hydrogens (primary N) is 1. The summed E-state index contributed by atoms with van der Waals surface area (Å²) in [6.45, 7) is 1.11. The maximum Gasteiger partial charge on any atom is 0.320 e. The van der Waals surface area contributed by atoms with E-state index in [1.807, 2.05) is 11.4 Å². The molecule has 0 radical (unpaired) electrons. The van der Waals surface area contributed by atoms with Gasteiger partial charge in [0.1, 0.15) is 6.04 Å². The molecule has 16 heavy (non-hydrogen) atoms. The number of carbonyl (C=O) groups is 1. The molecule has 1 aromatic heterocycles. The summed E-state index contributed by atoms with van der Waals surface area (Å²) in [7, 11) is 0. The number of halogens is 1. The predicted molar refractivity (Wildman–Crippen MR) is 64.7 cm³/mol. The average Bonchev–Trinajstić information content (AvgIpc) is 2.58. The van der Waals surface area contributed by atoms with E-state index in [1.165, 1.54) is 0 Å². The van der Waals surface area contributed by atoms with E-state index in [-0.39, 0.29) is 5.41 Å². The molecule has 0 bridgehead atoms. The number of aliphatic carboxylic acids is 1. The summed E-state index contributed by atoms with van der Waals surface area (Å²) in [4.78, 5) is 11.9. The summed E-state index contributed by atoms with van der Waals surface area (Å²) in [5, 5.41) is 10.8. The van der Waals surface area contributed by atoms with Gasteiger partial charge in [0, 0.05) is 14.7 Å². The van der Waals surface area contributed by atoms with Crippen molar-refractivity contribution in [3.63, 3.8) is 0 Å². The van der Waals surface area contributed by atoms with E-state index < -0.39 is 12.0 Å². The quantitative estimate of drug-likeness (QED) is 0.886. The lowest BCUT2D eigenvalue weighted by molar-refractivity contribution is -0.141. The Balaban J connectivity index is 2.17. The van der Waals surface area contributed by atoms with Gasteiger partial charge >= 0.3 is 5.97 Å². The largest absolute Gasteiger partial charge is 0.480 e. The third-order valence-electron chi connectivity index (χ3n) is 2.77. The molecule has 4 nitrogen and oxygen atoms in total. The summed E-state index contributed by atoms with van der Waals surface area (Å²) in [5.41, 5.74) is 5.39. The van der Waals surface area contributed by atoms with Crippen molar-refractivity contribution in [3.05, 3.63) is 20.8 Å². The minimum atomic E-state index is -0.957. The molecule has 1 aliphatic heterocycles. The summed E-state index contributed by atoms with van der Waals surface area (Å²) < 4.78 is 6.24. The van der Waals surface area contributed by atoms with Crippen LogP contribution in [0.25, 0.3) is 0 Å². The minimum absolute atomic E-state index is 0.200. The molecule has 1 fully saturated rings. The highest BCUT2D eigenvalue weighted by Crippen LogP contribution is 2.40. The van der Waals surface area contributed by atoms with Crippen LogP contribution in [0.3, 0.4) is 0 Å². The SMILES string of the molecule is NC(CC1(c2cc(Br)cs2)COC1)C(=O)O. The second-order valence-corrected chi connectivity index (χ2v) is 5.88. The molecule has 88 valence electrons. The Hall–Kier alpha value is -0.430. The van der Waals surface area contributed by atoms with E-state index >= 15 is 0 Å². The fourth-order valence-corrected chi connectivity index (χ4v) is 3.42. The van der Waals surface area contributed by atoms with Crippen molar-refractivity contribution in [3.8, 4) is 0 Å². The van der Waals surface area contributed by atoms with Crippen molar-refractivity contribution in [1.29, 1.82) is 0 Å². The van der Waals surface area contributed by atoms with Crippen molar-refractivity contribution in [1.82, 2.24) is 0 Å². The van der Waals surface area contributed by atoms with Gasteiger partial charge in [0.15, 0.2) is 0 Å². The number of ether oxygens (including phenoxy) is 1. The number of hydrogen-bond acceptors (Lipinski definition) is 4. The highest BCUT2D eigenvalue weighted by molar-refractivity contribution is 9.10. The lowest BCUT2D eigenvalue weighted by Crippen LogP contribution is -2.51. The lowest BCUT2D eigenvalue weighted by Gasteiger charge is -2.41. The van der Waals surface area contributed by atoms with Gasteiger partial charge in [0.05, 0.1) is 18.6 Å². The maximum atomic E-state index is 10.8. The van der Waals surface area contributed by atoms with Crippen LogP contribution in [0.1, 0.15) is 11.3 Å². The second kappa shape index (κ2) is 4.44. The van der Waals surface area contributed by atoms with Gasteiger partial charge in [-0.1, -0.05) is 0 Å². The molecule has 2 heterocycles. The molecule has 1 aromatic rings. The van der Waals surface area contributed by atoms with Crippen molar-refractivity contribution in [2.45, 2.75) is 17.9 Å². The summed E-state index contributed by atoms with van der Waals surface area (Å²) in [6, 6.07) is 1.19. The molecule has 1 aliphatic rings. The number of carboxylic acids is 1.